The van der Waals surface area contributed by atoms with E-state index in [9.17, 15) is 14.3 Å². The van der Waals surface area contributed by atoms with Crippen molar-refractivity contribution in [1.29, 1.82) is 0 Å². The number of fused-ring (bicyclic) bond motifs is 3. The molecule has 0 saturated heterocycles. The molecule has 4 rings (SSSR count). The Labute approximate surface area is 147 Å². The Kier molecular flexibility index (Phi) is 3.68. The molecule has 1 heterocycles. The molecule has 0 bridgehead atoms. The molecule has 0 amide bonds. The lowest BCUT2D eigenvalue weighted by atomic mass is 9.76. The number of aromatic carboxylic acids is 1. The van der Waals surface area contributed by atoms with E-state index in [1.165, 1.54) is 6.07 Å². The van der Waals surface area contributed by atoms with Crippen LogP contribution in [0.2, 0.25) is 0 Å². The van der Waals surface area contributed by atoms with Crippen molar-refractivity contribution in [3.05, 3.63) is 75.5 Å². The third kappa shape index (κ3) is 2.35. The number of carbonyl (C=O) groups is 1. The van der Waals surface area contributed by atoms with Crippen LogP contribution in [0.15, 0.2) is 53.0 Å². The van der Waals surface area contributed by atoms with Crippen LogP contribution in [0, 0.1) is 11.7 Å². The molecule has 2 aliphatic rings. The predicted octanol–water partition coefficient (Wildman–Crippen LogP) is 5.11. The molecule has 1 aliphatic carbocycles. The third-order valence-corrected chi connectivity index (χ3v) is 5.36. The lowest BCUT2D eigenvalue weighted by molar-refractivity contribution is 0.0697. The summed E-state index contributed by atoms with van der Waals surface area (Å²) in [5, 5.41) is 12.9. The van der Waals surface area contributed by atoms with Crippen LogP contribution in [0.3, 0.4) is 0 Å². The molecule has 2 N–H and O–H groups in total. The molecule has 3 nitrogen and oxygen atoms in total. The van der Waals surface area contributed by atoms with Gasteiger partial charge in [0, 0.05) is 16.0 Å². The number of carboxylic acid groups (broad SMARTS) is 1. The number of halogens is 2. The van der Waals surface area contributed by atoms with Crippen LogP contribution in [0.4, 0.5) is 10.1 Å². The van der Waals surface area contributed by atoms with Crippen molar-refractivity contribution < 1.29 is 14.3 Å². The standard InChI is InChI=1S/C19H15BrFNO2/c20-10-8-14-11-5-3-6-12(11)17(13-4-1-2-7-16(13)21)22-18(14)15(9-10)19(23)24/h1-5,7-9,11-12,17,22H,6H2,(H,23,24)/t11-,12+,17-/m1/s1. The number of hydrogen-bond acceptors (Lipinski definition) is 2. The molecular formula is C19H15BrFNO2. The fraction of sp³-hybridized carbons (Fsp3) is 0.211. The highest BCUT2D eigenvalue weighted by Gasteiger charge is 2.40. The summed E-state index contributed by atoms with van der Waals surface area (Å²) in [4.78, 5) is 11.7. The van der Waals surface area contributed by atoms with Gasteiger partial charge in [-0.2, -0.15) is 0 Å². The molecule has 1 aliphatic heterocycles. The first kappa shape index (κ1) is 15.4. The predicted molar refractivity (Wildman–Crippen MR) is 93.9 cm³/mol. The zero-order valence-electron chi connectivity index (χ0n) is 12.7. The molecule has 24 heavy (non-hydrogen) atoms. The van der Waals surface area contributed by atoms with Crippen molar-refractivity contribution in [3.8, 4) is 0 Å². The Morgan fingerprint density at radius 2 is 2.04 bits per heavy atom. The van der Waals surface area contributed by atoms with E-state index in [0.717, 1.165) is 16.5 Å². The minimum atomic E-state index is -0.993. The number of carboxylic acids is 1. The van der Waals surface area contributed by atoms with Gasteiger partial charge in [-0.15, -0.1) is 0 Å². The van der Waals surface area contributed by atoms with Gasteiger partial charge in [-0.1, -0.05) is 46.3 Å². The highest BCUT2D eigenvalue weighted by atomic mass is 79.9. The summed E-state index contributed by atoms with van der Waals surface area (Å²) >= 11 is 3.40. The van der Waals surface area contributed by atoms with Gasteiger partial charge in [0.25, 0.3) is 0 Å². The zero-order chi connectivity index (χ0) is 16.8. The summed E-state index contributed by atoms with van der Waals surface area (Å²) in [6.45, 7) is 0. The lowest BCUT2D eigenvalue weighted by Gasteiger charge is -2.38. The number of rotatable bonds is 2. The first-order valence-electron chi connectivity index (χ1n) is 7.80. The van der Waals surface area contributed by atoms with Gasteiger partial charge in [0.1, 0.15) is 5.82 Å². The second-order valence-corrected chi connectivity index (χ2v) is 7.14. The summed E-state index contributed by atoms with van der Waals surface area (Å²) < 4.78 is 15.1. The molecule has 122 valence electrons. The van der Waals surface area contributed by atoms with Crippen LogP contribution in [0.25, 0.3) is 0 Å². The Balaban J connectivity index is 1.89. The highest BCUT2D eigenvalue weighted by molar-refractivity contribution is 9.10. The van der Waals surface area contributed by atoms with Gasteiger partial charge in [-0.05, 0) is 36.1 Å². The fourth-order valence-corrected chi connectivity index (χ4v) is 4.34. The first-order valence-corrected chi connectivity index (χ1v) is 8.60. The maximum atomic E-state index is 14.3. The average molecular weight is 388 g/mol. The quantitative estimate of drug-likeness (QED) is 0.703. The maximum Gasteiger partial charge on any atom is 0.337 e. The van der Waals surface area contributed by atoms with E-state index < -0.39 is 5.97 Å². The normalized spacial score (nSPS) is 24.2. The van der Waals surface area contributed by atoms with E-state index in [1.54, 1.807) is 18.2 Å². The van der Waals surface area contributed by atoms with Gasteiger partial charge in [0.05, 0.1) is 17.3 Å². The van der Waals surface area contributed by atoms with E-state index in [0.29, 0.717) is 11.3 Å². The van der Waals surface area contributed by atoms with Crippen LogP contribution in [0.5, 0.6) is 0 Å². The molecule has 0 fully saturated rings. The summed E-state index contributed by atoms with van der Waals surface area (Å²) in [7, 11) is 0. The van der Waals surface area contributed by atoms with E-state index in [4.69, 9.17) is 0 Å². The van der Waals surface area contributed by atoms with Crippen molar-refractivity contribution in [2.45, 2.75) is 18.4 Å². The molecule has 0 aromatic heterocycles. The van der Waals surface area contributed by atoms with Crippen molar-refractivity contribution in [3.63, 3.8) is 0 Å². The fourth-order valence-electron chi connectivity index (χ4n) is 3.87. The summed E-state index contributed by atoms with van der Waals surface area (Å²) in [6.07, 6.45) is 5.04. The third-order valence-electron chi connectivity index (χ3n) is 4.90. The number of anilines is 1. The molecule has 0 saturated carbocycles. The van der Waals surface area contributed by atoms with Crippen molar-refractivity contribution >= 4 is 27.6 Å². The van der Waals surface area contributed by atoms with Crippen LogP contribution in [0.1, 0.15) is 39.9 Å². The van der Waals surface area contributed by atoms with E-state index in [1.807, 2.05) is 12.1 Å². The number of nitrogens with one attached hydrogen (secondary N) is 1. The van der Waals surface area contributed by atoms with E-state index in [-0.39, 0.29) is 29.3 Å². The van der Waals surface area contributed by atoms with Gasteiger partial charge in [0.2, 0.25) is 0 Å². The molecule has 2 aromatic rings. The Morgan fingerprint density at radius 1 is 1.25 bits per heavy atom. The van der Waals surface area contributed by atoms with E-state index >= 15 is 0 Å². The smallest absolute Gasteiger partial charge is 0.337 e. The molecule has 0 unspecified atom stereocenters. The minimum Gasteiger partial charge on any atom is -0.478 e. The summed E-state index contributed by atoms with van der Waals surface area (Å²) in [6, 6.07) is 9.99. The molecular weight excluding hydrogens is 373 g/mol. The second kappa shape index (κ2) is 5.74. The summed E-state index contributed by atoms with van der Waals surface area (Å²) in [5.74, 6) is -1.00. The van der Waals surface area contributed by atoms with Crippen molar-refractivity contribution in [2.24, 2.45) is 5.92 Å². The van der Waals surface area contributed by atoms with Gasteiger partial charge >= 0.3 is 5.97 Å². The van der Waals surface area contributed by atoms with Crippen molar-refractivity contribution in [2.75, 3.05) is 5.32 Å². The Bertz CT molecular complexity index is 864. The van der Waals surface area contributed by atoms with Gasteiger partial charge in [0.15, 0.2) is 0 Å². The largest absolute Gasteiger partial charge is 0.478 e. The Hall–Kier alpha value is -2.14. The monoisotopic (exact) mass is 387 g/mol. The average Bonchev–Trinajstić information content (AvgIpc) is 3.04. The Morgan fingerprint density at radius 3 is 2.79 bits per heavy atom. The summed E-state index contributed by atoms with van der Waals surface area (Å²) in [5.41, 5.74) is 2.33. The number of allylic oxidation sites excluding steroid dienone is 2. The van der Waals surface area contributed by atoms with Crippen LogP contribution >= 0.6 is 15.9 Å². The maximum absolute atomic E-state index is 14.3. The second-order valence-electron chi connectivity index (χ2n) is 6.22. The van der Waals surface area contributed by atoms with Gasteiger partial charge in [-0.25, -0.2) is 9.18 Å². The molecule has 0 radical (unpaired) electrons. The van der Waals surface area contributed by atoms with Crippen molar-refractivity contribution in [1.82, 2.24) is 0 Å². The van der Waals surface area contributed by atoms with Crippen LogP contribution < -0.4 is 5.32 Å². The van der Waals surface area contributed by atoms with E-state index in [2.05, 4.69) is 33.4 Å². The molecule has 3 atom stereocenters. The van der Waals surface area contributed by atoms with Crippen LogP contribution in [-0.4, -0.2) is 11.1 Å². The zero-order valence-corrected chi connectivity index (χ0v) is 14.3. The van der Waals surface area contributed by atoms with Crippen LogP contribution in [-0.2, 0) is 0 Å². The van der Waals surface area contributed by atoms with Gasteiger partial charge in [-0.3, -0.25) is 0 Å². The highest BCUT2D eigenvalue weighted by Crippen LogP contribution is 2.51. The molecule has 0 spiro atoms. The first-order chi connectivity index (χ1) is 11.6. The SMILES string of the molecule is O=C(O)c1cc(Br)cc2c1N[C@@H](c1ccccc1F)[C@H]1CC=C[C@@H]21. The topological polar surface area (TPSA) is 49.3 Å². The number of hydrogen-bond donors (Lipinski definition) is 2. The minimum absolute atomic E-state index is 0.0847. The molecule has 2 aromatic carbocycles. The number of benzene rings is 2. The van der Waals surface area contributed by atoms with Gasteiger partial charge < -0.3 is 10.4 Å². The molecule has 5 heteroatoms. The lowest BCUT2D eigenvalue weighted by Crippen LogP contribution is -2.31.